The summed E-state index contributed by atoms with van der Waals surface area (Å²) >= 11 is 1.70. The van der Waals surface area contributed by atoms with Crippen molar-refractivity contribution in [1.29, 1.82) is 0 Å². The Balaban J connectivity index is 1.98. The first-order valence-corrected chi connectivity index (χ1v) is 9.03. The number of hydrogen-bond acceptors (Lipinski definition) is 3. The largest absolute Gasteiger partial charge is 0.357 e. The van der Waals surface area contributed by atoms with Crippen LogP contribution in [0.1, 0.15) is 40.9 Å². The molecule has 1 heterocycles. The molecule has 24 heavy (non-hydrogen) atoms. The summed E-state index contributed by atoms with van der Waals surface area (Å²) in [5, 5.41) is 7.65. The molecule has 0 fully saturated rings. The number of aryl methyl sites for hydroxylation is 2. The molecule has 4 nitrogen and oxygen atoms in total. The Bertz CT molecular complexity index is 696. The van der Waals surface area contributed by atoms with E-state index in [1.807, 2.05) is 26.1 Å². The highest BCUT2D eigenvalue weighted by atomic mass is 32.1. The Labute approximate surface area is 147 Å². The quantitative estimate of drug-likeness (QED) is 0.617. The monoisotopic (exact) mass is 348 g/mol. The van der Waals surface area contributed by atoms with Crippen LogP contribution in [-0.2, 0) is 6.42 Å². The van der Waals surface area contributed by atoms with Crippen LogP contribution in [0.15, 0.2) is 29.4 Å². The minimum atomic E-state index is -0.178. The van der Waals surface area contributed by atoms with Crippen LogP contribution in [0.25, 0.3) is 0 Å². The topological polar surface area (TPSA) is 49.3 Å². The molecule has 2 N–H and O–H groups in total. The minimum Gasteiger partial charge on any atom is -0.357 e. The summed E-state index contributed by atoms with van der Waals surface area (Å²) < 4.78 is 13.7. The molecule has 0 aliphatic rings. The molecule has 2 aromatic rings. The van der Waals surface area contributed by atoms with Gasteiger partial charge in [-0.1, -0.05) is 12.1 Å². The van der Waals surface area contributed by atoms with Crippen molar-refractivity contribution in [1.82, 2.24) is 15.6 Å². The summed E-state index contributed by atoms with van der Waals surface area (Å²) in [6.45, 7) is 9.29. The predicted octanol–water partition coefficient (Wildman–Crippen LogP) is 3.76. The van der Waals surface area contributed by atoms with Crippen LogP contribution in [0.4, 0.5) is 4.39 Å². The molecule has 0 spiro atoms. The second-order valence-electron chi connectivity index (χ2n) is 5.75. The fourth-order valence-electron chi connectivity index (χ4n) is 2.27. The zero-order valence-electron chi connectivity index (χ0n) is 14.7. The summed E-state index contributed by atoms with van der Waals surface area (Å²) in [5.74, 6) is 0.557. The molecule has 1 unspecified atom stereocenters. The van der Waals surface area contributed by atoms with Gasteiger partial charge in [-0.05, 0) is 44.9 Å². The van der Waals surface area contributed by atoms with Gasteiger partial charge in [-0.2, -0.15) is 0 Å². The molecular weight excluding hydrogens is 323 g/mol. The van der Waals surface area contributed by atoms with Crippen LogP contribution in [-0.4, -0.2) is 24.0 Å². The van der Waals surface area contributed by atoms with Crippen molar-refractivity contribution in [3.63, 3.8) is 0 Å². The number of aromatic nitrogens is 1. The zero-order valence-corrected chi connectivity index (χ0v) is 15.5. The van der Waals surface area contributed by atoms with Gasteiger partial charge in [-0.25, -0.2) is 9.37 Å². The van der Waals surface area contributed by atoms with E-state index in [0.29, 0.717) is 12.1 Å². The third-order valence-electron chi connectivity index (χ3n) is 3.66. The molecule has 6 heteroatoms. The van der Waals surface area contributed by atoms with Crippen LogP contribution in [0.2, 0.25) is 0 Å². The number of nitrogens with zero attached hydrogens (tertiary/aromatic N) is 2. The molecule has 1 atom stereocenters. The van der Waals surface area contributed by atoms with E-state index < -0.39 is 0 Å². The number of aliphatic imine (C=N–C) groups is 1. The molecule has 0 saturated heterocycles. The van der Waals surface area contributed by atoms with E-state index in [-0.39, 0.29) is 11.9 Å². The number of hydrogen-bond donors (Lipinski definition) is 2. The Hall–Kier alpha value is -1.95. The van der Waals surface area contributed by atoms with E-state index in [2.05, 4.69) is 27.5 Å². The van der Waals surface area contributed by atoms with E-state index in [1.54, 1.807) is 30.4 Å². The fraction of sp³-hybridized carbons (Fsp3) is 0.444. The highest BCUT2D eigenvalue weighted by Crippen LogP contribution is 2.16. The van der Waals surface area contributed by atoms with Crippen LogP contribution in [0.3, 0.4) is 0 Å². The number of thiazole rings is 1. The lowest BCUT2D eigenvalue weighted by atomic mass is 10.1. The van der Waals surface area contributed by atoms with Gasteiger partial charge in [0.2, 0.25) is 0 Å². The third-order valence-corrected chi connectivity index (χ3v) is 4.63. The summed E-state index contributed by atoms with van der Waals surface area (Å²) in [6, 6.07) is 5.30. The van der Waals surface area contributed by atoms with Crippen molar-refractivity contribution < 1.29 is 4.39 Å². The smallest absolute Gasteiger partial charge is 0.191 e. The minimum absolute atomic E-state index is 0.0278. The molecule has 130 valence electrons. The maximum Gasteiger partial charge on any atom is 0.191 e. The maximum absolute atomic E-state index is 13.7. The summed E-state index contributed by atoms with van der Waals surface area (Å²) in [4.78, 5) is 10.2. The molecule has 1 aromatic heterocycles. The van der Waals surface area contributed by atoms with Gasteiger partial charge in [0.25, 0.3) is 0 Å². The molecule has 0 aliphatic heterocycles. The molecular formula is C18H25FN4S. The van der Waals surface area contributed by atoms with Crippen LogP contribution in [0, 0.1) is 19.7 Å². The lowest BCUT2D eigenvalue weighted by Crippen LogP contribution is -2.38. The Morgan fingerprint density at radius 1 is 1.38 bits per heavy atom. The van der Waals surface area contributed by atoms with Crippen LogP contribution >= 0.6 is 11.3 Å². The molecule has 0 amide bonds. The molecule has 2 rings (SSSR count). The maximum atomic E-state index is 13.7. The van der Waals surface area contributed by atoms with Crippen molar-refractivity contribution in [2.24, 2.45) is 4.99 Å². The zero-order chi connectivity index (χ0) is 17.5. The number of benzene rings is 1. The lowest BCUT2D eigenvalue weighted by molar-refractivity contribution is 0.607. The van der Waals surface area contributed by atoms with Crippen molar-refractivity contribution in [2.45, 2.75) is 40.2 Å². The number of nitrogens with one attached hydrogen (secondary N) is 2. The van der Waals surface area contributed by atoms with Crippen molar-refractivity contribution >= 4 is 17.3 Å². The second-order valence-corrected chi connectivity index (χ2v) is 7.07. The Morgan fingerprint density at radius 2 is 2.17 bits per heavy atom. The molecule has 0 aliphatic carbocycles. The lowest BCUT2D eigenvalue weighted by Gasteiger charge is -2.18. The van der Waals surface area contributed by atoms with E-state index in [4.69, 9.17) is 0 Å². The SMILES string of the molecule is CCNC(=NCCc1ncc(C)s1)NC(C)c1ccc(C)c(F)c1. The molecule has 0 bridgehead atoms. The van der Waals surface area contributed by atoms with E-state index in [0.717, 1.165) is 29.5 Å². The summed E-state index contributed by atoms with van der Waals surface area (Å²) in [6.07, 6.45) is 2.71. The highest BCUT2D eigenvalue weighted by Gasteiger charge is 2.09. The number of rotatable bonds is 6. The first-order valence-electron chi connectivity index (χ1n) is 8.21. The normalized spacial score (nSPS) is 13.0. The second kappa shape index (κ2) is 8.78. The standard InChI is InChI=1S/C18H25FN4S/c1-5-20-18(21-9-8-17-22-11-13(3)24-17)23-14(4)15-7-6-12(2)16(19)10-15/h6-7,10-11,14H,5,8-9H2,1-4H3,(H2,20,21,23). The van der Waals surface area contributed by atoms with Gasteiger partial charge in [0.1, 0.15) is 5.82 Å². The summed E-state index contributed by atoms with van der Waals surface area (Å²) in [5.41, 5.74) is 1.56. The highest BCUT2D eigenvalue weighted by molar-refractivity contribution is 7.11. The Morgan fingerprint density at radius 3 is 2.79 bits per heavy atom. The van der Waals surface area contributed by atoms with Crippen LogP contribution in [0.5, 0.6) is 0 Å². The van der Waals surface area contributed by atoms with E-state index in [9.17, 15) is 4.39 Å². The van der Waals surface area contributed by atoms with E-state index >= 15 is 0 Å². The van der Waals surface area contributed by atoms with Gasteiger partial charge in [-0.15, -0.1) is 11.3 Å². The third kappa shape index (κ3) is 5.30. The van der Waals surface area contributed by atoms with Crippen LogP contribution < -0.4 is 10.6 Å². The molecule has 0 radical (unpaired) electrons. The van der Waals surface area contributed by atoms with Gasteiger partial charge in [0.15, 0.2) is 5.96 Å². The van der Waals surface area contributed by atoms with Gasteiger partial charge in [0.05, 0.1) is 11.0 Å². The average Bonchev–Trinajstić information content (AvgIpc) is 2.95. The van der Waals surface area contributed by atoms with Gasteiger partial charge >= 0.3 is 0 Å². The van der Waals surface area contributed by atoms with Gasteiger partial charge in [-0.3, -0.25) is 4.99 Å². The number of halogens is 1. The van der Waals surface area contributed by atoms with E-state index in [1.165, 1.54) is 4.88 Å². The first kappa shape index (κ1) is 18.4. The average molecular weight is 348 g/mol. The molecule has 1 aromatic carbocycles. The molecule has 0 saturated carbocycles. The Kier molecular flexibility index (Phi) is 6.73. The predicted molar refractivity (Wildman–Crippen MR) is 99.2 cm³/mol. The van der Waals surface area contributed by atoms with Gasteiger partial charge < -0.3 is 10.6 Å². The van der Waals surface area contributed by atoms with Crippen molar-refractivity contribution in [2.75, 3.05) is 13.1 Å². The van der Waals surface area contributed by atoms with Gasteiger partial charge in [0, 0.05) is 30.6 Å². The number of guanidine groups is 1. The van der Waals surface area contributed by atoms with Crippen molar-refractivity contribution in [3.05, 3.63) is 51.2 Å². The summed E-state index contributed by atoms with van der Waals surface area (Å²) in [7, 11) is 0. The fourth-order valence-corrected chi connectivity index (χ4v) is 3.04. The van der Waals surface area contributed by atoms with Crippen molar-refractivity contribution in [3.8, 4) is 0 Å². The first-order chi connectivity index (χ1) is 11.5.